The van der Waals surface area contributed by atoms with E-state index in [9.17, 15) is 5.11 Å². The van der Waals surface area contributed by atoms with Gasteiger partial charge in [-0.3, -0.25) is 0 Å². The van der Waals surface area contributed by atoms with Crippen molar-refractivity contribution in [1.29, 1.82) is 5.26 Å². The largest absolute Gasteiger partial charge is 0.502 e. The van der Waals surface area contributed by atoms with E-state index in [4.69, 9.17) is 10.00 Å². The van der Waals surface area contributed by atoms with Gasteiger partial charge in [-0.15, -0.1) is 0 Å². The monoisotopic (exact) mass is 309 g/mol. The van der Waals surface area contributed by atoms with Crippen LogP contribution >= 0.6 is 0 Å². The van der Waals surface area contributed by atoms with Crippen LogP contribution in [-0.2, 0) is 6.54 Å². The highest BCUT2D eigenvalue weighted by molar-refractivity contribution is 5.87. The summed E-state index contributed by atoms with van der Waals surface area (Å²) < 4.78 is 7.23. The van der Waals surface area contributed by atoms with Gasteiger partial charge in [-0.2, -0.15) is 5.26 Å². The van der Waals surface area contributed by atoms with Gasteiger partial charge in [-0.1, -0.05) is 6.08 Å². The predicted octanol–water partition coefficient (Wildman–Crippen LogP) is 3.48. The Labute approximate surface area is 136 Å². The average molecular weight is 309 g/mol. The second-order valence-electron chi connectivity index (χ2n) is 6.56. The van der Waals surface area contributed by atoms with Crippen molar-refractivity contribution < 1.29 is 14.4 Å². The summed E-state index contributed by atoms with van der Waals surface area (Å²) in [5.41, 5.74) is 0.815. The number of nitrogens with zero attached hydrogens (tertiary/aromatic N) is 2. The number of hydrogen-bond donors (Lipinski definition) is 1. The topological polar surface area (TPSA) is 57.1 Å². The summed E-state index contributed by atoms with van der Waals surface area (Å²) in [7, 11) is 1.62. The van der Waals surface area contributed by atoms with Gasteiger partial charge in [0.05, 0.1) is 13.2 Å². The highest BCUT2D eigenvalue weighted by atomic mass is 16.5. The molecule has 4 nitrogen and oxygen atoms in total. The molecule has 1 N–H and O–H groups in total. The zero-order valence-electron chi connectivity index (χ0n) is 13.5. The van der Waals surface area contributed by atoms with Crippen LogP contribution in [0.3, 0.4) is 0 Å². The molecule has 2 aromatic rings. The van der Waals surface area contributed by atoms with Crippen molar-refractivity contribution in [3.8, 4) is 17.6 Å². The van der Waals surface area contributed by atoms with Crippen LogP contribution in [0, 0.1) is 16.7 Å². The molecule has 1 aromatic carbocycles. The summed E-state index contributed by atoms with van der Waals surface area (Å²) in [6.45, 7) is 2.92. The van der Waals surface area contributed by atoms with E-state index in [1.165, 1.54) is 0 Å². The summed E-state index contributed by atoms with van der Waals surface area (Å²) in [5.74, 6) is 0.969. The van der Waals surface area contributed by atoms with Gasteiger partial charge in [0.25, 0.3) is 0 Å². The molecule has 1 aliphatic rings. The van der Waals surface area contributed by atoms with Crippen LogP contribution in [0.15, 0.2) is 42.2 Å². The molecule has 3 rings (SSSR count). The van der Waals surface area contributed by atoms with Gasteiger partial charge >= 0.3 is 0 Å². The lowest BCUT2D eigenvalue weighted by molar-refractivity contribution is -0.706. The molecule has 0 bridgehead atoms. The first-order chi connectivity index (χ1) is 11.0. The van der Waals surface area contributed by atoms with Gasteiger partial charge in [0.2, 0.25) is 6.20 Å². The van der Waals surface area contributed by atoms with Crippen LogP contribution in [0.5, 0.6) is 11.5 Å². The molecule has 0 aliphatic heterocycles. The van der Waals surface area contributed by atoms with Gasteiger partial charge in [0.1, 0.15) is 5.75 Å². The SMILES string of the molecule is COc1ccc2c[n+](C[C@@]3(C)C=C(C#N)CCC3)cc(O)c2c1. The van der Waals surface area contributed by atoms with Crippen molar-refractivity contribution in [2.75, 3.05) is 7.11 Å². The Kier molecular flexibility index (Phi) is 3.96. The highest BCUT2D eigenvalue weighted by Gasteiger charge is 2.30. The van der Waals surface area contributed by atoms with E-state index in [1.807, 2.05) is 29.0 Å². The Morgan fingerprint density at radius 2 is 2.22 bits per heavy atom. The van der Waals surface area contributed by atoms with Crippen LogP contribution in [0.2, 0.25) is 0 Å². The molecule has 1 heterocycles. The summed E-state index contributed by atoms with van der Waals surface area (Å²) in [4.78, 5) is 0. The molecule has 118 valence electrons. The molecule has 0 unspecified atom stereocenters. The lowest BCUT2D eigenvalue weighted by atomic mass is 9.78. The third-order valence-corrected chi connectivity index (χ3v) is 4.53. The van der Waals surface area contributed by atoms with Gasteiger partial charge in [0, 0.05) is 21.8 Å². The van der Waals surface area contributed by atoms with Gasteiger partial charge in [-0.25, -0.2) is 4.57 Å². The van der Waals surface area contributed by atoms with Gasteiger partial charge in [-0.05, 0) is 44.4 Å². The number of rotatable bonds is 3. The summed E-state index contributed by atoms with van der Waals surface area (Å²) >= 11 is 0. The number of benzene rings is 1. The summed E-state index contributed by atoms with van der Waals surface area (Å²) in [5, 5.41) is 21.2. The molecule has 0 radical (unpaired) electrons. The number of pyridine rings is 1. The van der Waals surface area contributed by atoms with Crippen LogP contribution in [0.4, 0.5) is 0 Å². The third kappa shape index (κ3) is 3.14. The Bertz CT molecular complexity index is 820. The molecule has 1 aliphatic carbocycles. The summed E-state index contributed by atoms with van der Waals surface area (Å²) in [6.07, 6.45) is 8.84. The number of fused-ring (bicyclic) bond motifs is 1. The van der Waals surface area contributed by atoms with Crippen molar-refractivity contribution in [2.45, 2.75) is 32.7 Å². The third-order valence-electron chi connectivity index (χ3n) is 4.53. The minimum Gasteiger partial charge on any atom is -0.502 e. The number of hydrogen-bond acceptors (Lipinski definition) is 3. The van der Waals surface area contributed by atoms with Crippen LogP contribution < -0.4 is 9.30 Å². The smallest absolute Gasteiger partial charge is 0.211 e. The number of nitriles is 1. The fraction of sp³-hybridized carbons (Fsp3) is 0.368. The quantitative estimate of drug-likeness (QED) is 0.883. The lowest BCUT2D eigenvalue weighted by Gasteiger charge is -2.27. The maximum Gasteiger partial charge on any atom is 0.211 e. The van der Waals surface area contributed by atoms with Crippen molar-refractivity contribution in [3.63, 3.8) is 0 Å². The fourth-order valence-corrected chi connectivity index (χ4v) is 3.41. The Balaban J connectivity index is 1.96. The molecule has 1 atom stereocenters. The maximum absolute atomic E-state index is 10.3. The maximum atomic E-state index is 10.3. The molecule has 23 heavy (non-hydrogen) atoms. The molecule has 0 fully saturated rings. The Morgan fingerprint density at radius 1 is 1.39 bits per heavy atom. The second kappa shape index (κ2) is 5.92. The molecule has 0 spiro atoms. The minimum absolute atomic E-state index is 0.0550. The van der Waals surface area contributed by atoms with E-state index in [0.717, 1.165) is 47.9 Å². The number of ether oxygens (including phenoxy) is 1. The second-order valence-corrected chi connectivity index (χ2v) is 6.56. The molecular weight excluding hydrogens is 288 g/mol. The summed E-state index contributed by atoms with van der Waals surface area (Å²) in [6, 6.07) is 7.96. The first-order valence-corrected chi connectivity index (χ1v) is 7.85. The van der Waals surface area contributed by atoms with E-state index in [1.54, 1.807) is 13.3 Å². The first-order valence-electron chi connectivity index (χ1n) is 7.85. The zero-order valence-corrected chi connectivity index (χ0v) is 13.5. The molecule has 0 amide bonds. The van der Waals surface area contributed by atoms with Crippen LogP contribution in [0.25, 0.3) is 10.8 Å². The zero-order chi connectivity index (χ0) is 16.4. The fourth-order valence-electron chi connectivity index (χ4n) is 3.41. The predicted molar refractivity (Wildman–Crippen MR) is 88.0 cm³/mol. The molecule has 0 saturated heterocycles. The number of methoxy groups -OCH3 is 1. The van der Waals surface area contributed by atoms with Crippen molar-refractivity contribution in [1.82, 2.24) is 0 Å². The van der Waals surface area contributed by atoms with E-state index in [2.05, 4.69) is 19.1 Å². The molecule has 4 heteroatoms. The van der Waals surface area contributed by atoms with Crippen molar-refractivity contribution >= 4 is 10.8 Å². The van der Waals surface area contributed by atoms with Crippen molar-refractivity contribution in [3.05, 3.63) is 42.2 Å². The number of aromatic hydroxyl groups is 1. The van der Waals surface area contributed by atoms with Crippen molar-refractivity contribution in [2.24, 2.45) is 5.41 Å². The number of aromatic nitrogens is 1. The van der Waals surface area contributed by atoms with E-state index < -0.39 is 0 Å². The van der Waals surface area contributed by atoms with Gasteiger partial charge in [0.15, 0.2) is 18.5 Å². The van der Waals surface area contributed by atoms with E-state index >= 15 is 0 Å². The average Bonchev–Trinajstić information content (AvgIpc) is 2.54. The van der Waals surface area contributed by atoms with Gasteiger partial charge < -0.3 is 9.84 Å². The Morgan fingerprint density at radius 3 is 2.96 bits per heavy atom. The first kappa shape index (κ1) is 15.4. The molecule has 1 aromatic heterocycles. The molecular formula is C19H21N2O2+. The highest BCUT2D eigenvalue weighted by Crippen LogP contribution is 2.34. The lowest BCUT2D eigenvalue weighted by Crippen LogP contribution is -2.42. The normalized spacial score (nSPS) is 20.8. The molecule has 0 saturated carbocycles. The van der Waals surface area contributed by atoms with E-state index in [0.29, 0.717) is 0 Å². The number of allylic oxidation sites excluding steroid dienone is 2. The Hall–Kier alpha value is -2.54. The van der Waals surface area contributed by atoms with Crippen LogP contribution in [-0.4, -0.2) is 12.2 Å². The minimum atomic E-state index is -0.0550. The van der Waals surface area contributed by atoms with E-state index in [-0.39, 0.29) is 11.2 Å². The standard InChI is InChI=1S/C19H20N2O2/c1-19(7-3-4-14(9-19)10-20)13-21-11-15-5-6-16(23-2)8-17(15)18(22)12-21/h5-6,8-9,11-12H,3-4,7,13H2,1-2H3/p+1/t19-/m1/s1. The van der Waals surface area contributed by atoms with Crippen LogP contribution in [0.1, 0.15) is 26.2 Å².